The van der Waals surface area contributed by atoms with Gasteiger partial charge in [0, 0.05) is 34.0 Å². The first kappa shape index (κ1) is 16.7. The molecule has 2 aromatic rings. The molecule has 2 aromatic carbocycles. The Balaban J connectivity index is 0.00000161. The van der Waals surface area contributed by atoms with Crippen LogP contribution < -0.4 is 4.74 Å². The minimum Gasteiger partial charge on any atom is -0.494 e. The molecule has 1 heterocycles. The van der Waals surface area contributed by atoms with Crippen LogP contribution in [0.5, 0.6) is 5.75 Å². The van der Waals surface area contributed by atoms with Crippen molar-refractivity contribution in [1.82, 2.24) is 0 Å². The normalized spacial score (nSPS) is 15.1. The van der Waals surface area contributed by atoms with Crippen molar-refractivity contribution in [3.05, 3.63) is 36.4 Å². The quantitative estimate of drug-likeness (QED) is 0.431. The molecule has 0 amide bonds. The topological polar surface area (TPSA) is 9.23 Å². The van der Waals surface area contributed by atoms with E-state index in [1.54, 1.807) is 4.90 Å². The van der Waals surface area contributed by atoms with Gasteiger partial charge >= 0.3 is 0 Å². The summed E-state index contributed by atoms with van der Waals surface area (Å²) in [5.41, 5.74) is 0. The van der Waals surface area contributed by atoms with Crippen molar-refractivity contribution in [2.24, 2.45) is 0 Å². The fourth-order valence-electron chi connectivity index (χ4n) is 2.70. The van der Waals surface area contributed by atoms with Gasteiger partial charge in [0.2, 0.25) is 0 Å². The molecule has 3 heteroatoms. The van der Waals surface area contributed by atoms with Crippen LogP contribution in [0.3, 0.4) is 0 Å². The van der Waals surface area contributed by atoms with Gasteiger partial charge in [-0.25, -0.2) is 0 Å². The monoisotopic (exact) mass is 343 g/mol. The molecule has 1 fully saturated rings. The molecule has 1 aliphatic heterocycles. The molecule has 1 saturated heterocycles. The minimum atomic E-state index is 0. The Hall–Kier alpha value is -0.631. The van der Waals surface area contributed by atoms with Gasteiger partial charge in [-0.1, -0.05) is 19.4 Å². The van der Waals surface area contributed by atoms with Crippen molar-refractivity contribution in [2.75, 3.05) is 18.1 Å². The van der Waals surface area contributed by atoms with Crippen LogP contribution in [0.2, 0.25) is 0 Å². The molecule has 1 aliphatic rings. The first-order valence-electron chi connectivity index (χ1n) is 7.71. The Morgan fingerprint density at radius 1 is 1.00 bits per heavy atom. The van der Waals surface area contributed by atoms with E-state index in [4.69, 9.17) is 4.74 Å². The van der Waals surface area contributed by atoms with E-state index in [0.717, 1.165) is 18.8 Å². The van der Waals surface area contributed by atoms with E-state index in [1.165, 1.54) is 41.5 Å². The molecule has 0 saturated carbocycles. The summed E-state index contributed by atoms with van der Waals surface area (Å²) in [5.74, 6) is 3.79. The molecular formula is C18H23FeOS+. The Morgan fingerprint density at radius 3 is 2.48 bits per heavy atom. The molecule has 0 atom stereocenters. The first-order valence-corrected chi connectivity index (χ1v) is 9.27. The summed E-state index contributed by atoms with van der Waals surface area (Å²) in [6.45, 7) is 3.01. The molecule has 0 N–H and O–H groups in total. The summed E-state index contributed by atoms with van der Waals surface area (Å²) in [5, 5.41) is 2.65. The Morgan fingerprint density at radius 2 is 1.71 bits per heavy atom. The molecule has 0 aliphatic carbocycles. The van der Waals surface area contributed by atoms with Crippen LogP contribution in [0.1, 0.15) is 32.6 Å². The van der Waals surface area contributed by atoms with Crippen molar-refractivity contribution in [2.45, 2.75) is 37.5 Å². The van der Waals surface area contributed by atoms with E-state index in [1.807, 2.05) is 0 Å². The standard InChI is InChI=1S/C18H23OS.Fe/c1-2-3-10-19-17-8-6-16-14-18(9-7-15(16)13-17)20-11-4-5-12-20;/h6-9,13-14H,2-5,10-12H2,1H3;/q+1;. The number of hydrogen-bond acceptors (Lipinski definition) is 1. The number of ether oxygens (including phenoxy) is 1. The summed E-state index contributed by atoms with van der Waals surface area (Å²) in [7, 11) is 0.511. The van der Waals surface area contributed by atoms with Crippen LogP contribution in [-0.2, 0) is 28.0 Å². The zero-order valence-electron chi connectivity index (χ0n) is 12.6. The van der Waals surface area contributed by atoms with Crippen molar-refractivity contribution in [3.63, 3.8) is 0 Å². The summed E-state index contributed by atoms with van der Waals surface area (Å²) in [6.07, 6.45) is 5.12. The molecule has 1 nitrogen and oxygen atoms in total. The molecular weight excluding hydrogens is 320 g/mol. The Bertz CT molecular complexity index is 578. The third kappa shape index (κ3) is 4.18. The van der Waals surface area contributed by atoms with E-state index in [-0.39, 0.29) is 17.1 Å². The number of benzene rings is 2. The summed E-state index contributed by atoms with van der Waals surface area (Å²) in [4.78, 5) is 1.55. The predicted molar refractivity (Wildman–Crippen MR) is 89.0 cm³/mol. The van der Waals surface area contributed by atoms with Gasteiger partial charge in [-0.05, 0) is 54.3 Å². The van der Waals surface area contributed by atoms with Gasteiger partial charge in [0.15, 0.2) is 4.90 Å². The summed E-state index contributed by atoms with van der Waals surface area (Å²) < 4.78 is 5.79. The van der Waals surface area contributed by atoms with Gasteiger partial charge in [-0.15, -0.1) is 0 Å². The van der Waals surface area contributed by atoms with Gasteiger partial charge in [0.25, 0.3) is 0 Å². The van der Waals surface area contributed by atoms with Gasteiger partial charge in [-0.3, -0.25) is 0 Å². The number of rotatable bonds is 5. The maximum atomic E-state index is 5.79. The zero-order chi connectivity index (χ0) is 13.8. The van der Waals surface area contributed by atoms with Gasteiger partial charge in [0.05, 0.1) is 6.61 Å². The fraction of sp³-hybridized carbons (Fsp3) is 0.444. The van der Waals surface area contributed by atoms with Gasteiger partial charge < -0.3 is 4.74 Å². The van der Waals surface area contributed by atoms with E-state index < -0.39 is 0 Å². The van der Waals surface area contributed by atoms with Crippen molar-refractivity contribution < 1.29 is 21.8 Å². The predicted octanol–water partition coefficient (Wildman–Crippen LogP) is 4.79. The molecule has 0 unspecified atom stereocenters. The summed E-state index contributed by atoms with van der Waals surface area (Å²) in [6, 6.07) is 13.5. The van der Waals surface area contributed by atoms with E-state index >= 15 is 0 Å². The van der Waals surface area contributed by atoms with E-state index in [2.05, 4.69) is 43.3 Å². The van der Waals surface area contributed by atoms with Crippen LogP contribution in [-0.4, -0.2) is 18.1 Å². The second-order valence-corrected chi connectivity index (χ2v) is 7.75. The average molecular weight is 343 g/mol. The van der Waals surface area contributed by atoms with Crippen LogP contribution >= 0.6 is 0 Å². The third-order valence-electron chi connectivity index (χ3n) is 3.91. The maximum absolute atomic E-state index is 5.79. The van der Waals surface area contributed by atoms with E-state index in [0.29, 0.717) is 10.9 Å². The SMILES string of the molecule is CCCCOc1ccc2cc([S+]3CCCC3)ccc2c1.[Fe]. The molecule has 21 heavy (non-hydrogen) atoms. The minimum absolute atomic E-state index is 0. The van der Waals surface area contributed by atoms with Crippen molar-refractivity contribution >= 4 is 21.7 Å². The maximum Gasteiger partial charge on any atom is 0.155 e. The smallest absolute Gasteiger partial charge is 0.155 e. The van der Waals surface area contributed by atoms with Crippen LogP contribution in [0.15, 0.2) is 41.3 Å². The van der Waals surface area contributed by atoms with Gasteiger partial charge in [-0.2, -0.15) is 0 Å². The number of fused-ring (bicyclic) bond motifs is 1. The van der Waals surface area contributed by atoms with Crippen LogP contribution in [0, 0.1) is 0 Å². The largest absolute Gasteiger partial charge is 0.494 e. The van der Waals surface area contributed by atoms with E-state index in [9.17, 15) is 0 Å². The molecule has 0 spiro atoms. The van der Waals surface area contributed by atoms with Crippen molar-refractivity contribution in [1.29, 1.82) is 0 Å². The molecule has 114 valence electrons. The Labute approximate surface area is 141 Å². The van der Waals surface area contributed by atoms with Gasteiger partial charge in [0.1, 0.15) is 17.3 Å². The number of hydrogen-bond donors (Lipinski definition) is 0. The summed E-state index contributed by atoms with van der Waals surface area (Å²) >= 11 is 0. The number of unbranched alkanes of at least 4 members (excludes halogenated alkanes) is 1. The molecule has 0 radical (unpaired) electrons. The first-order chi connectivity index (χ1) is 9.86. The second-order valence-electron chi connectivity index (χ2n) is 5.48. The van der Waals surface area contributed by atoms with Crippen LogP contribution in [0.4, 0.5) is 0 Å². The van der Waals surface area contributed by atoms with Crippen LogP contribution in [0.25, 0.3) is 10.8 Å². The molecule has 3 rings (SSSR count). The zero-order valence-corrected chi connectivity index (χ0v) is 14.5. The molecule has 0 bridgehead atoms. The fourth-order valence-corrected chi connectivity index (χ4v) is 5.03. The second kappa shape index (κ2) is 8.12. The molecule has 0 aromatic heterocycles. The third-order valence-corrected chi connectivity index (χ3v) is 6.40. The van der Waals surface area contributed by atoms with Crippen molar-refractivity contribution in [3.8, 4) is 5.75 Å². The average Bonchev–Trinajstić information content (AvgIpc) is 3.01. The Kier molecular flexibility index (Phi) is 6.47.